The highest BCUT2D eigenvalue weighted by Crippen LogP contribution is 2.31. The van der Waals surface area contributed by atoms with Crippen LogP contribution in [0.5, 0.6) is 5.75 Å². The minimum absolute atomic E-state index is 0.416. The summed E-state index contributed by atoms with van der Waals surface area (Å²) in [6, 6.07) is 12.7. The van der Waals surface area contributed by atoms with Gasteiger partial charge in [-0.05, 0) is 24.3 Å². The highest BCUT2D eigenvalue weighted by molar-refractivity contribution is 7.72. The molecule has 0 bridgehead atoms. The third kappa shape index (κ3) is 2.12. The topological polar surface area (TPSA) is 59.7 Å². The van der Waals surface area contributed by atoms with Crippen molar-refractivity contribution in [1.82, 2.24) is 0 Å². The van der Waals surface area contributed by atoms with Crippen LogP contribution in [0.25, 0.3) is 21.9 Å². The number of carbonyl (C=O) groups is 1. The molecule has 1 aromatic heterocycles. The summed E-state index contributed by atoms with van der Waals surface area (Å²) >= 11 is 5.48. The molecular weight excluding hydrogens is 276 g/mol. The predicted octanol–water partition coefficient (Wildman–Crippen LogP) is 3.78. The minimum Gasteiger partial charge on any atom is -0.481 e. The number of hydrogen-bond donors (Lipinski definition) is 1. The van der Waals surface area contributed by atoms with Crippen LogP contribution in [0.1, 0.15) is 0 Å². The van der Waals surface area contributed by atoms with Crippen molar-refractivity contribution in [2.45, 2.75) is 0 Å². The van der Waals surface area contributed by atoms with E-state index < -0.39 is 12.6 Å². The van der Waals surface area contributed by atoms with E-state index in [1.807, 2.05) is 24.3 Å². The number of carboxylic acid groups (broad SMARTS) is 1. The molecule has 0 aliphatic rings. The molecule has 20 heavy (non-hydrogen) atoms. The summed E-state index contributed by atoms with van der Waals surface area (Å²) in [7, 11) is 0. The number of hydrogen-bond acceptors (Lipinski definition) is 4. The zero-order valence-electron chi connectivity index (χ0n) is 10.3. The van der Waals surface area contributed by atoms with Gasteiger partial charge >= 0.3 is 5.97 Å². The maximum absolute atomic E-state index is 10.6. The van der Waals surface area contributed by atoms with E-state index in [-0.39, 0.29) is 0 Å². The zero-order chi connectivity index (χ0) is 14.1. The Morgan fingerprint density at radius 1 is 1.15 bits per heavy atom. The highest BCUT2D eigenvalue weighted by Gasteiger charge is 2.10. The smallest absolute Gasteiger partial charge is 0.341 e. The lowest BCUT2D eigenvalue weighted by Gasteiger charge is -2.08. The van der Waals surface area contributed by atoms with Gasteiger partial charge in [0.2, 0.25) is 0 Å². The number of benzene rings is 2. The monoisotopic (exact) mass is 286 g/mol. The van der Waals surface area contributed by atoms with Crippen molar-refractivity contribution in [3.8, 4) is 5.75 Å². The molecule has 1 heterocycles. The fraction of sp³-hybridized carbons (Fsp3) is 0.0667. The Bertz CT molecular complexity index is 867. The van der Waals surface area contributed by atoms with Crippen molar-refractivity contribution in [3.63, 3.8) is 0 Å². The second-order valence-electron chi connectivity index (χ2n) is 4.24. The summed E-state index contributed by atoms with van der Waals surface area (Å²) in [6.07, 6.45) is 0. The molecule has 3 aromatic rings. The quantitative estimate of drug-likeness (QED) is 0.586. The molecule has 0 amide bonds. The number of rotatable bonds is 3. The van der Waals surface area contributed by atoms with Crippen LogP contribution < -0.4 is 4.74 Å². The van der Waals surface area contributed by atoms with E-state index in [2.05, 4.69) is 0 Å². The highest BCUT2D eigenvalue weighted by atomic mass is 32.1. The maximum Gasteiger partial charge on any atom is 0.341 e. The average molecular weight is 286 g/mol. The molecule has 0 fully saturated rings. The van der Waals surface area contributed by atoms with Gasteiger partial charge < -0.3 is 14.3 Å². The molecule has 4 nitrogen and oxygen atoms in total. The molecule has 0 spiro atoms. The fourth-order valence-electron chi connectivity index (χ4n) is 2.08. The molecule has 1 N–H and O–H groups in total. The van der Waals surface area contributed by atoms with E-state index in [0.717, 1.165) is 5.39 Å². The summed E-state index contributed by atoms with van der Waals surface area (Å²) in [5.74, 6) is -0.616. The Kier molecular flexibility index (Phi) is 3.12. The largest absolute Gasteiger partial charge is 0.481 e. The summed E-state index contributed by atoms with van der Waals surface area (Å²) in [5.41, 5.74) is 1.27. The normalized spacial score (nSPS) is 10.8. The van der Waals surface area contributed by atoms with Crippen LogP contribution in [0, 0.1) is 4.51 Å². The molecule has 100 valence electrons. The Labute approximate surface area is 119 Å². The van der Waals surface area contributed by atoms with E-state index in [9.17, 15) is 4.79 Å². The number of ether oxygens (including phenoxy) is 1. The molecule has 0 aliphatic heterocycles. The van der Waals surface area contributed by atoms with Gasteiger partial charge in [-0.1, -0.05) is 30.4 Å². The maximum atomic E-state index is 10.6. The van der Waals surface area contributed by atoms with Gasteiger partial charge in [-0.25, -0.2) is 4.79 Å². The van der Waals surface area contributed by atoms with Crippen LogP contribution in [0.15, 0.2) is 46.9 Å². The lowest BCUT2D eigenvalue weighted by Crippen LogP contribution is -2.09. The molecule has 0 unspecified atom stereocenters. The number of fused-ring (bicyclic) bond motifs is 2. The van der Waals surface area contributed by atoms with E-state index in [4.69, 9.17) is 26.5 Å². The number of carboxylic acids is 1. The van der Waals surface area contributed by atoms with E-state index in [1.165, 1.54) is 0 Å². The van der Waals surface area contributed by atoms with Crippen molar-refractivity contribution in [1.29, 1.82) is 0 Å². The summed E-state index contributed by atoms with van der Waals surface area (Å²) in [6.45, 7) is -0.416. The Hall–Kier alpha value is -2.40. The first-order valence-electron chi connectivity index (χ1n) is 5.96. The first kappa shape index (κ1) is 12.6. The molecule has 0 saturated heterocycles. The first-order valence-corrected chi connectivity index (χ1v) is 6.37. The Morgan fingerprint density at radius 3 is 2.70 bits per heavy atom. The standard InChI is InChI=1S/C15H10O4S/c16-13(17)8-18-11-6-3-7-12-14(11)15(20)9-4-1-2-5-10(9)19-12/h1-7H,8H2,(H,16,17). The fourth-order valence-corrected chi connectivity index (χ4v) is 2.45. The van der Waals surface area contributed by atoms with Crippen LogP contribution in [-0.2, 0) is 4.79 Å². The average Bonchev–Trinajstić information content (AvgIpc) is 2.45. The SMILES string of the molecule is O=C(O)COc1cccc2oc3ccccc3c(=S)c12. The summed E-state index contributed by atoms with van der Waals surface area (Å²) in [4.78, 5) is 10.6. The van der Waals surface area contributed by atoms with Crippen molar-refractivity contribution in [2.24, 2.45) is 0 Å². The first-order chi connectivity index (χ1) is 9.66. The third-order valence-corrected chi connectivity index (χ3v) is 3.34. The van der Waals surface area contributed by atoms with Gasteiger partial charge in [0.25, 0.3) is 0 Å². The van der Waals surface area contributed by atoms with Crippen LogP contribution in [0.2, 0.25) is 0 Å². The summed E-state index contributed by atoms with van der Waals surface area (Å²) < 4.78 is 11.7. The van der Waals surface area contributed by atoms with Crippen molar-refractivity contribution in [3.05, 3.63) is 47.0 Å². The Morgan fingerprint density at radius 2 is 1.90 bits per heavy atom. The molecule has 0 aliphatic carbocycles. The van der Waals surface area contributed by atoms with E-state index >= 15 is 0 Å². The molecule has 0 atom stereocenters. The minimum atomic E-state index is -1.04. The molecule has 3 rings (SSSR count). The predicted molar refractivity (Wildman–Crippen MR) is 77.7 cm³/mol. The lowest BCUT2D eigenvalue weighted by molar-refractivity contribution is -0.139. The van der Waals surface area contributed by atoms with Crippen molar-refractivity contribution >= 4 is 40.1 Å². The van der Waals surface area contributed by atoms with Gasteiger partial charge in [0, 0.05) is 5.39 Å². The Balaban J connectivity index is 2.30. The third-order valence-electron chi connectivity index (χ3n) is 2.92. The van der Waals surface area contributed by atoms with Gasteiger partial charge in [-0.3, -0.25) is 0 Å². The second-order valence-corrected chi connectivity index (χ2v) is 4.65. The summed E-state index contributed by atoms with van der Waals surface area (Å²) in [5, 5.41) is 10.1. The molecule has 0 radical (unpaired) electrons. The molecular formula is C15H10O4S. The molecule has 5 heteroatoms. The van der Waals surface area contributed by atoms with Crippen molar-refractivity contribution in [2.75, 3.05) is 6.61 Å². The van der Waals surface area contributed by atoms with Crippen LogP contribution in [0.3, 0.4) is 0 Å². The van der Waals surface area contributed by atoms with Gasteiger partial charge in [-0.15, -0.1) is 0 Å². The lowest BCUT2D eigenvalue weighted by atomic mass is 10.1. The van der Waals surface area contributed by atoms with Crippen LogP contribution in [0.4, 0.5) is 0 Å². The second kappa shape index (κ2) is 4.94. The van der Waals surface area contributed by atoms with Gasteiger partial charge in [0.15, 0.2) is 6.61 Å². The van der Waals surface area contributed by atoms with E-state index in [0.29, 0.717) is 26.8 Å². The van der Waals surface area contributed by atoms with Gasteiger partial charge in [0.1, 0.15) is 16.9 Å². The van der Waals surface area contributed by atoms with Crippen LogP contribution in [-0.4, -0.2) is 17.7 Å². The number of aliphatic carboxylic acids is 1. The zero-order valence-corrected chi connectivity index (χ0v) is 11.1. The number of para-hydroxylation sites is 1. The van der Waals surface area contributed by atoms with E-state index in [1.54, 1.807) is 18.2 Å². The van der Waals surface area contributed by atoms with Crippen LogP contribution >= 0.6 is 12.2 Å². The molecule has 0 saturated carbocycles. The van der Waals surface area contributed by atoms with Crippen molar-refractivity contribution < 1.29 is 19.1 Å². The molecule has 2 aromatic carbocycles. The van der Waals surface area contributed by atoms with Gasteiger partial charge in [-0.2, -0.15) is 0 Å². The van der Waals surface area contributed by atoms with Gasteiger partial charge in [0.05, 0.1) is 9.90 Å².